The van der Waals surface area contributed by atoms with Crippen LogP contribution in [0.4, 0.5) is 0 Å². The normalized spacial score (nSPS) is 11.2. The highest BCUT2D eigenvalue weighted by atomic mass is 79.9. The van der Waals surface area contributed by atoms with Crippen molar-refractivity contribution in [3.05, 3.63) is 15.9 Å². The highest BCUT2D eigenvalue weighted by Gasteiger charge is 2.21. The van der Waals surface area contributed by atoms with Gasteiger partial charge in [0.25, 0.3) is 0 Å². The first-order chi connectivity index (χ1) is 7.27. The summed E-state index contributed by atoms with van der Waals surface area (Å²) in [4.78, 5) is 18.8. The van der Waals surface area contributed by atoms with E-state index in [2.05, 4.69) is 30.6 Å². The first kappa shape index (κ1) is 13.0. The molecule has 0 radical (unpaired) electrons. The van der Waals surface area contributed by atoms with Gasteiger partial charge in [-0.05, 0) is 22.9 Å². The lowest BCUT2D eigenvalue weighted by Gasteiger charge is -2.06. The summed E-state index contributed by atoms with van der Waals surface area (Å²) in [6.45, 7) is 1.56. The highest BCUT2D eigenvalue weighted by Crippen LogP contribution is 2.20. The fourth-order valence-corrected chi connectivity index (χ4v) is 1.83. The van der Waals surface area contributed by atoms with Crippen LogP contribution in [-0.4, -0.2) is 37.7 Å². The fourth-order valence-electron chi connectivity index (χ4n) is 0.931. The number of hydrogen-bond donors (Lipinski definition) is 0. The van der Waals surface area contributed by atoms with Gasteiger partial charge in [0.05, 0.1) is 17.3 Å². The number of rotatable bonds is 2. The SMILES string of the molecule is COC(=O)c1nc(S(C)(=O)=O)nc(C)c1Br. The van der Waals surface area contributed by atoms with Crippen LogP contribution in [0.25, 0.3) is 0 Å². The molecule has 8 heteroatoms. The molecule has 16 heavy (non-hydrogen) atoms. The van der Waals surface area contributed by atoms with E-state index in [0.29, 0.717) is 10.2 Å². The number of carbonyl (C=O) groups is 1. The van der Waals surface area contributed by atoms with E-state index in [1.165, 1.54) is 7.11 Å². The number of hydrogen-bond acceptors (Lipinski definition) is 6. The summed E-state index contributed by atoms with van der Waals surface area (Å²) in [6, 6.07) is 0. The van der Waals surface area contributed by atoms with Crippen LogP contribution < -0.4 is 0 Å². The average molecular weight is 309 g/mol. The number of ether oxygens (including phenoxy) is 1. The largest absolute Gasteiger partial charge is 0.464 e. The molecule has 0 unspecified atom stereocenters. The average Bonchev–Trinajstić information content (AvgIpc) is 2.19. The zero-order chi connectivity index (χ0) is 12.5. The van der Waals surface area contributed by atoms with E-state index < -0.39 is 21.0 Å². The topological polar surface area (TPSA) is 86.2 Å². The Kier molecular flexibility index (Phi) is 3.64. The minimum Gasteiger partial charge on any atom is -0.464 e. The summed E-state index contributed by atoms with van der Waals surface area (Å²) in [5.41, 5.74) is 0.256. The molecule has 0 amide bonds. The van der Waals surface area contributed by atoms with Crippen molar-refractivity contribution in [2.45, 2.75) is 12.1 Å². The van der Waals surface area contributed by atoms with Crippen molar-refractivity contribution in [1.29, 1.82) is 0 Å². The lowest BCUT2D eigenvalue weighted by molar-refractivity contribution is 0.0591. The number of aromatic nitrogens is 2. The standard InChI is InChI=1S/C8H9BrN2O4S/c1-4-5(9)6(7(12)15-2)11-8(10-4)16(3,13)14/h1-3H3. The number of aryl methyl sites for hydroxylation is 1. The zero-order valence-electron chi connectivity index (χ0n) is 8.81. The molecule has 1 heterocycles. The molecule has 1 aromatic heterocycles. The molecule has 0 aliphatic heterocycles. The Bertz CT molecular complexity index is 541. The summed E-state index contributed by atoms with van der Waals surface area (Å²) < 4.78 is 27.3. The van der Waals surface area contributed by atoms with Crippen molar-refractivity contribution in [2.24, 2.45) is 0 Å². The molecule has 0 saturated heterocycles. The molecule has 0 atom stereocenters. The van der Waals surface area contributed by atoms with Gasteiger partial charge in [0, 0.05) is 6.26 Å². The maximum Gasteiger partial charge on any atom is 0.358 e. The van der Waals surface area contributed by atoms with Crippen molar-refractivity contribution in [1.82, 2.24) is 9.97 Å². The molecule has 0 aromatic carbocycles. The molecule has 6 nitrogen and oxygen atoms in total. The number of esters is 1. The third-order valence-electron chi connectivity index (χ3n) is 1.71. The van der Waals surface area contributed by atoms with Crippen molar-refractivity contribution >= 4 is 31.7 Å². The smallest absolute Gasteiger partial charge is 0.358 e. The zero-order valence-corrected chi connectivity index (χ0v) is 11.2. The van der Waals surface area contributed by atoms with Crippen molar-refractivity contribution in [3.63, 3.8) is 0 Å². The molecular formula is C8H9BrN2O4S. The molecule has 0 spiro atoms. The maximum absolute atomic E-state index is 11.3. The minimum atomic E-state index is -3.56. The van der Waals surface area contributed by atoms with E-state index >= 15 is 0 Å². The highest BCUT2D eigenvalue weighted by molar-refractivity contribution is 9.10. The number of carbonyl (C=O) groups excluding carboxylic acids is 1. The summed E-state index contributed by atoms with van der Waals surface area (Å²) >= 11 is 3.10. The summed E-state index contributed by atoms with van der Waals surface area (Å²) in [6.07, 6.45) is 0.969. The van der Waals surface area contributed by atoms with Crippen LogP contribution in [0.2, 0.25) is 0 Å². The monoisotopic (exact) mass is 308 g/mol. The molecule has 0 aliphatic carbocycles. The number of sulfone groups is 1. The first-order valence-corrected chi connectivity index (χ1v) is 6.78. The predicted molar refractivity (Wildman–Crippen MR) is 58.9 cm³/mol. The van der Waals surface area contributed by atoms with Crippen molar-refractivity contribution in [3.8, 4) is 0 Å². The van der Waals surface area contributed by atoms with E-state index in [4.69, 9.17) is 0 Å². The Labute approximate surface area is 101 Å². The van der Waals surface area contributed by atoms with Crippen molar-refractivity contribution < 1.29 is 17.9 Å². The van der Waals surface area contributed by atoms with Gasteiger partial charge in [0.2, 0.25) is 15.0 Å². The van der Waals surface area contributed by atoms with Gasteiger partial charge in [-0.25, -0.2) is 23.2 Å². The van der Waals surface area contributed by atoms with E-state index in [1.54, 1.807) is 6.92 Å². The van der Waals surface area contributed by atoms with Gasteiger partial charge >= 0.3 is 5.97 Å². The Morgan fingerprint density at radius 3 is 2.38 bits per heavy atom. The first-order valence-electron chi connectivity index (χ1n) is 4.10. The molecule has 1 aromatic rings. The molecule has 0 bridgehead atoms. The number of nitrogens with zero attached hydrogens (tertiary/aromatic N) is 2. The Morgan fingerprint density at radius 2 is 1.94 bits per heavy atom. The maximum atomic E-state index is 11.3. The van der Waals surface area contributed by atoms with Crippen LogP contribution in [0.5, 0.6) is 0 Å². The van der Waals surface area contributed by atoms with Crippen LogP contribution in [-0.2, 0) is 14.6 Å². The van der Waals surface area contributed by atoms with E-state index in [1.807, 2.05) is 0 Å². The van der Waals surface area contributed by atoms with Gasteiger partial charge in [0.15, 0.2) is 5.69 Å². The van der Waals surface area contributed by atoms with E-state index in [0.717, 1.165) is 6.26 Å². The van der Waals surface area contributed by atoms with Gasteiger partial charge < -0.3 is 4.74 Å². The Hall–Kier alpha value is -1.02. The van der Waals surface area contributed by atoms with Crippen LogP contribution >= 0.6 is 15.9 Å². The van der Waals surface area contributed by atoms with Gasteiger partial charge in [0.1, 0.15) is 0 Å². The Morgan fingerprint density at radius 1 is 1.38 bits per heavy atom. The molecular weight excluding hydrogens is 300 g/mol. The third-order valence-corrected chi connectivity index (χ3v) is 3.50. The summed E-state index contributed by atoms with van der Waals surface area (Å²) in [5, 5.41) is -0.395. The van der Waals surface area contributed by atoms with Crippen LogP contribution in [0.1, 0.15) is 16.2 Å². The second-order valence-electron chi connectivity index (χ2n) is 3.02. The lowest BCUT2D eigenvalue weighted by Crippen LogP contribution is -2.13. The predicted octanol–water partition coefficient (Wildman–Crippen LogP) is 0.738. The molecule has 0 saturated carbocycles. The van der Waals surface area contributed by atoms with Gasteiger partial charge in [-0.3, -0.25) is 0 Å². The fraction of sp³-hybridized carbons (Fsp3) is 0.375. The molecule has 0 N–H and O–H groups in total. The van der Waals surface area contributed by atoms with E-state index in [9.17, 15) is 13.2 Å². The second kappa shape index (κ2) is 4.46. The lowest BCUT2D eigenvalue weighted by atomic mass is 10.3. The molecule has 1 rings (SSSR count). The summed E-state index contributed by atoms with van der Waals surface area (Å²) in [7, 11) is -2.37. The number of methoxy groups -OCH3 is 1. The minimum absolute atomic E-state index is 0.101. The third kappa shape index (κ3) is 2.56. The quantitative estimate of drug-likeness (QED) is 0.591. The second-order valence-corrected chi connectivity index (χ2v) is 5.72. The summed E-state index contributed by atoms with van der Waals surface area (Å²) in [5.74, 6) is -0.720. The van der Waals surface area contributed by atoms with Gasteiger partial charge in [-0.15, -0.1) is 0 Å². The van der Waals surface area contributed by atoms with Gasteiger partial charge in [-0.1, -0.05) is 0 Å². The molecule has 88 valence electrons. The van der Waals surface area contributed by atoms with E-state index in [-0.39, 0.29) is 5.69 Å². The van der Waals surface area contributed by atoms with Crippen LogP contribution in [0, 0.1) is 6.92 Å². The van der Waals surface area contributed by atoms with Crippen LogP contribution in [0.3, 0.4) is 0 Å². The Balaban J connectivity index is 3.51. The van der Waals surface area contributed by atoms with Crippen molar-refractivity contribution in [2.75, 3.05) is 13.4 Å². The molecule has 0 aliphatic rings. The van der Waals surface area contributed by atoms with Crippen LogP contribution in [0.15, 0.2) is 9.63 Å². The number of halogens is 1. The van der Waals surface area contributed by atoms with Gasteiger partial charge in [-0.2, -0.15) is 0 Å². The molecule has 0 fully saturated rings.